The molecule has 0 aliphatic heterocycles. The summed E-state index contributed by atoms with van der Waals surface area (Å²) in [5.41, 5.74) is 3.78. The molecule has 0 unspecified atom stereocenters. The monoisotopic (exact) mass is 342 g/mol. The predicted molar refractivity (Wildman–Crippen MR) is 104 cm³/mol. The van der Waals surface area contributed by atoms with Gasteiger partial charge in [0.05, 0.1) is 0 Å². The lowest BCUT2D eigenvalue weighted by Gasteiger charge is -2.12. The highest BCUT2D eigenvalue weighted by Crippen LogP contribution is 2.22. The number of terminal acetylenes is 1. The fourth-order valence-corrected chi connectivity index (χ4v) is 2.94. The van der Waals surface area contributed by atoms with Crippen LogP contribution in [0.1, 0.15) is 27.0 Å². The molecule has 0 bridgehead atoms. The largest absolute Gasteiger partial charge is 0.348 e. The van der Waals surface area contributed by atoms with Crippen LogP contribution in [0.3, 0.4) is 0 Å². The third-order valence-corrected chi connectivity index (χ3v) is 4.32. The molecule has 0 heterocycles. The quantitative estimate of drug-likeness (QED) is 0.549. The summed E-state index contributed by atoms with van der Waals surface area (Å²) in [6.45, 7) is 2.24. The van der Waals surface area contributed by atoms with Gasteiger partial charge >= 0.3 is 0 Å². The van der Waals surface area contributed by atoms with Crippen molar-refractivity contribution in [3.05, 3.63) is 76.9 Å². The molecular formula is C22H18N2O2. The summed E-state index contributed by atoms with van der Waals surface area (Å²) in [6, 6.07) is 16.9. The van der Waals surface area contributed by atoms with Crippen LogP contribution < -0.4 is 10.6 Å². The van der Waals surface area contributed by atoms with Crippen LogP contribution in [0, 0.1) is 19.3 Å². The number of rotatable bonds is 5. The highest BCUT2D eigenvalue weighted by molar-refractivity contribution is 5.97. The first kappa shape index (κ1) is 17.2. The Morgan fingerprint density at radius 1 is 1.12 bits per heavy atom. The van der Waals surface area contributed by atoms with Gasteiger partial charge in [0.25, 0.3) is 5.91 Å². The normalized spacial score (nSPS) is 10.2. The van der Waals surface area contributed by atoms with Crippen molar-refractivity contribution in [3.8, 4) is 12.3 Å². The number of nitrogens with one attached hydrogen (secondary N) is 2. The van der Waals surface area contributed by atoms with Crippen molar-refractivity contribution in [2.45, 2.75) is 13.5 Å². The predicted octanol–water partition coefficient (Wildman–Crippen LogP) is 3.63. The molecule has 0 aliphatic carbocycles. The lowest BCUT2D eigenvalue weighted by atomic mass is 9.99. The summed E-state index contributed by atoms with van der Waals surface area (Å²) in [6.07, 6.45) is 6.16. The van der Waals surface area contributed by atoms with Crippen molar-refractivity contribution in [2.24, 2.45) is 0 Å². The number of aryl methyl sites for hydroxylation is 1. The van der Waals surface area contributed by atoms with Crippen LogP contribution in [0.2, 0.25) is 0 Å². The number of benzene rings is 3. The summed E-state index contributed by atoms with van der Waals surface area (Å²) in [5.74, 6) is 2.50. The Balaban J connectivity index is 1.85. The Labute approximate surface area is 152 Å². The first-order chi connectivity index (χ1) is 12.6. The van der Waals surface area contributed by atoms with Gasteiger partial charge < -0.3 is 10.6 Å². The first-order valence-corrected chi connectivity index (χ1v) is 8.20. The molecule has 2 N–H and O–H groups in total. The Hall–Kier alpha value is -3.58. The molecule has 4 heteroatoms. The molecule has 0 fully saturated rings. The highest BCUT2D eigenvalue weighted by Gasteiger charge is 2.11. The molecule has 0 saturated carbocycles. The first-order valence-electron chi connectivity index (χ1n) is 8.20. The van der Waals surface area contributed by atoms with Crippen molar-refractivity contribution in [1.82, 2.24) is 5.32 Å². The average molecular weight is 342 g/mol. The van der Waals surface area contributed by atoms with E-state index in [0.29, 0.717) is 24.2 Å². The Kier molecular flexibility index (Phi) is 5.00. The van der Waals surface area contributed by atoms with Gasteiger partial charge in [-0.3, -0.25) is 9.59 Å². The van der Waals surface area contributed by atoms with E-state index in [4.69, 9.17) is 6.42 Å². The van der Waals surface area contributed by atoms with Gasteiger partial charge in [-0.15, -0.1) is 6.42 Å². The van der Waals surface area contributed by atoms with Gasteiger partial charge in [-0.1, -0.05) is 42.3 Å². The minimum absolute atomic E-state index is 0.192. The molecule has 128 valence electrons. The summed E-state index contributed by atoms with van der Waals surface area (Å²) in [5, 5.41) is 7.53. The number of amides is 2. The van der Waals surface area contributed by atoms with E-state index in [-0.39, 0.29) is 5.91 Å². The van der Waals surface area contributed by atoms with Crippen molar-refractivity contribution in [3.63, 3.8) is 0 Å². The molecule has 4 nitrogen and oxygen atoms in total. The Morgan fingerprint density at radius 2 is 1.88 bits per heavy atom. The minimum Gasteiger partial charge on any atom is -0.348 e. The Bertz CT molecular complexity index is 1030. The van der Waals surface area contributed by atoms with Crippen LogP contribution >= 0.6 is 0 Å². The third-order valence-electron chi connectivity index (χ3n) is 4.32. The molecule has 0 aliphatic rings. The van der Waals surface area contributed by atoms with Crippen LogP contribution in [-0.2, 0) is 11.3 Å². The fraction of sp³-hybridized carbons (Fsp3) is 0.0909. The van der Waals surface area contributed by atoms with E-state index < -0.39 is 0 Å². The molecule has 3 aromatic carbocycles. The van der Waals surface area contributed by atoms with Crippen LogP contribution in [0.4, 0.5) is 5.69 Å². The van der Waals surface area contributed by atoms with E-state index in [1.165, 1.54) is 0 Å². The van der Waals surface area contributed by atoms with Crippen molar-refractivity contribution >= 4 is 28.8 Å². The molecule has 0 atom stereocenters. The van der Waals surface area contributed by atoms with Gasteiger partial charge in [0, 0.05) is 23.4 Å². The number of carbonyl (C=O) groups is 2. The molecule has 2 amide bonds. The van der Waals surface area contributed by atoms with Crippen LogP contribution in [-0.4, -0.2) is 12.3 Å². The second kappa shape index (κ2) is 7.54. The highest BCUT2D eigenvalue weighted by atomic mass is 16.1. The maximum atomic E-state index is 12.6. The smallest absolute Gasteiger partial charge is 0.251 e. The van der Waals surface area contributed by atoms with E-state index in [2.05, 4.69) is 16.6 Å². The van der Waals surface area contributed by atoms with E-state index in [1.807, 2.05) is 43.3 Å². The SMILES string of the molecule is C#Cc1ccc(CNC(=O)c2cc(NC=O)ccc2C)c2ccccc12. The van der Waals surface area contributed by atoms with Gasteiger partial charge in [0.1, 0.15) is 0 Å². The molecule has 3 rings (SSSR count). The molecule has 0 spiro atoms. The van der Waals surface area contributed by atoms with Crippen molar-refractivity contribution in [1.29, 1.82) is 0 Å². The summed E-state index contributed by atoms with van der Waals surface area (Å²) in [7, 11) is 0. The van der Waals surface area contributed by atoms with Crippen molar-refractivity contribution < 1.29 is 9.59 Å². The van der Waals surface area contributed by atoms with Gasteiger partial charge in [-0.25, -0.2) is 0 Å². The molecule has 0 radical (unpaired) electrons. The zero-order valence-electron chi connectivity index (χ0n) is 14.4. The van der Waals surface area contributed by atoms with Gasteiger partial charge in [-0.05, 0) is 47.0 Å². The van der Waals surface area contributed by atoms with Crippen LogP contribution in [0.15, 0.2) is 54.6 Å². The topological polar surface area (TPSA) is 58.2 Å². The lowest BCUT2D eigenvalue weighted by molar-refractivity contribution is -0.105. The summed E-state index contributed by atoms with van der Waals surface area (Å²) >= 11 is 0. The maximum Gasteiger partial charge on any atom is 0.251 e. The van der Waals surface area contributed by atoms with E-state index in [9.17, 15) is 9.59 Å². The molecule has 0 saturated heterocycles. The standard InChI is InChI=1S/C22H18N2O2/c1-3-16-9-10-17(20-7-5-4-6-19(16)20)13-23-22(26)21-12-18(24-14-25)11-8-15(21)2/h1,4-12,14H,13H2,2H3,(H,23,26)(H,24,25). The van der Waals surface area contributed by atoms with Gasteiger partial charge in [0.15, 0.2) is 0 Å². The second-order valence-electron chi connectivity index (χ2n) is 5.94. The van der Waals surface area contributed by atoms with Gasteiger partial charge in [-0.2, -0.15) is 0 Å². The third kappa shape index (κ3) is 3.42. The van der Waals surface area contributed by atoms with Crippen LogP contribution in [0.5, 0.6) is 0 Å². The number of fused-ring (bicyclic) bond motifs is 1. The lowest BCUT2D eigenvalue weighted by Crippen LogP contribution is -2.24. The number of hydrogen-bond acceptors (Lipinski definition) is 2. The average Bonchev–Trinajstić information content (AvgIpc) is 2.67. The van der Waals surface area contributed by atoms with E-state index in [0.717, 1.165) is 27.5 Å². The summed E-state index contributed by atoms with van der Waals surface area (Å²) in [4.78, 5) is 23.2. The zero-order valence-corrected chi connectivity index (χ0v) is 14.4. The van der Waals surface area contributed by atoms with E-state index in [1.54, 1.807) is 18.2 Å². The number of carbonyl (C=O) groups excluding carboxylic acids is 2. The van der Waals surface area contributed by atoms with E-state index >= 15 is 0 Å². The number of anilines is 1. The number of hydrogen-bond donors (Lipinski definition) is 2. The minimum atomic E-state index is -0.192. The maximum absolute atomic E-state index is 12.6. The summed E-state index contributed by atoms with van der Waals surface area (Å²) < 4.78 is 0. The fourth-order valence-electron chi connectivity index (χ4n) is 2.94. The molecule has 3 aromatic rings. The zero-order chi connectivity index (χ0) is 18.5. The van der Waals surface area contributed by atoms with Gasteiger partial charge in [0.2, 0.25) is 6.41 Å². The molecular weight excluding hydrogens is 324 g/mol. The second-order valence-corrected chi connectivity index (χ2v) is 5.94. The molecule has 26 heavy (non-hydrogen) atoms. The molecule has 0 aromatic heterocycles. The Morgan fingerprint density at radius 3 is 2.62 bits per heavy atom. The van der Waals surface area contributed by atoms with Crippen molar-refractivity contribution in [2.75, 3.05) is 5.32 Å². The van der Waals surface area contributed by atoms with Crippen LogP contribution in [0.25, 0.3) is 10.8 Å².